The van der Waals surface area contributed by atoms with E-state index < -0.39 is 78.0 Å². The van der Waals surface area contributed by atoms with Crippen LogP contribution in [0.25, 0.3) is 0 Å². The van der Waals surface area contributed by atoms with Crippen molar-refractivity contribution >= 4 is 52.3 Å². The number of aromatic nitrogens is 1. The zero-order valence-electron chi connectivity index (χ0n) is 27.1. The van der Waals surface area contributed by atoms with Gasteiger partial charge in [-0.2, -0.15) is 0 Å². The van der Waals surface area contributed by atoms with Gasteiger partial charge in [-0.15, -0.1) is 0 Å². The Morgan fingerprint density at radius 3 is 2.47 bits per heavy atom. The molecule has 0 radical (unpaired) electrons. The van der Waals surface area contributed by atoms with Gasteiger partial charge in [0.2, 0.25) is 17.7 Å². The number of hydrogen-bond donors (Lipinski definition) is 4. The Hall–Kier alpha value is -3.85. The number of primary amides is 1. The molecular formula is C34H36Cl2FN5O7. The number of ether oxygens (including phenoxy) is 1. The van der Waals surface area contributed by atoms with E-state index in [4.69, 9.17) is 33.7 Å². The highest BCUT2D eigenvalue weighted by Gasteiger charge is 2.75. The summed E-state index contributed by atoms with van der Waals surface area (Å²) in [5.74, 6) is -4.05. The highest BCUT2D eigenvalue weighted by atomic mass is 35.5. The Bertz CT molecular complexity index is 1860. The van der Waals surface area contributed by atoms with E-state index >= 15 is 14.0 Å². The van der Waals surface area contributed by atoms with Gasteiger partial charge in [-0.05, 0) is 47.7 Å². The SMILES string of the molecule is COc1cc(C(N)=O)ccc1N1C(=O)[C@H]2[C@H](c3cccc(Cl)c3F)C3(C(=O)N(C(O)CO)c4cc(Cl)ncc43)[C@H](CC(C)(C)C)N2[C@H]1CO. The van der Waals surface area contributed by atoms with Gasteiger partial charge >= 0.3 is 0 Å². The summed E-state index contributed by atoms with van der Waals surface area (Å²) in [4.78, 5) is 50.6. The first-order chi connectivity index (χ1) is 23.1. The van der Waals surface area contributed by atoms with Crippen LogP contribution in [0.3, 0.4) is 0 Å². The van der Waals surface area contributed by atoms with Gasteiger partial charge in [-0.1, -0.05) is 56.1 Å². The molecule has 2 saturated heterocycles. The normalized spacial score (nSPS) is 25.7. The van der Waals surface area contributed by atoms with Crippen molar-refractivity contribution in [3.05, 3.63) is 81.3 Å². The molecule has 0 saturated carbocycles. The van der Waals surface area contributed by atoms with E-state index in [9.17, 15) is 20.1 Å². The van der Waals surface area contributed by atoms with Gasteiger partial charge in [0.15, 0.2) is 6.23 Å². The van der Waals surface area contributed by atoms with E-state index in [0.29, 0.717) is 0 Å². The lowest BCUT2D eigenvalue weighted by atomic mass is 9.62. The number of hydrogen-bond acceptors (Lipinski definition) is 9. The molecule has 3 aromatic rings. The number of halogens is 3. The van der Waals surface area contributed by atoms with E-state index in [0.717, 1.165) is 4.90 Å². The number of carbonyl (C=O) groups excluding carboxylic acids is 3. The Morgan fingerprint density at radius 1 is 1.14 bits per heavy atom. The first-order valence-electron chi connectivity index (χ1n) is 15.6. The van der Waals surface area contributed by atoms with Gasteiger partial charge in [-0.25, -0.2) is 9.37 Å². The van der Waals surface area contributed by atoms with Crippen molar-refractivity contribution in [2.45, 2.75) is 63.0 Å². The maximum atomic E-state index is 16.4. The first kappa shape index (κ1) is 35.0. The van der Waals surface area contributed by atoms with Gasteiger partial charge in [0.25, 0.3) is 0 Å². The maximum Gasteiger partial charge on any atom is 0.248 e. The Balaban J connectivity index is 1.69. The highest BCUT2D eigenvalue weighted by molar-refractivity contribution is 6.31. The summed E-state index contributed by atoms with van der Waals surface area (Å²) in [6.45, 7) is 4.38. The number of aliphatic hydroxyl groups is 3. The predicted octanol–water partition coefficient (Wildman–Crippen LogP) is 3.17. The molecule has 5 N–H and O–H groups in total. The molecule has 1 aromatic heterocycles. The minimum absolute atomic E-state index is 0.00270. The first-order valence-corrected chi connectivity index (χ1v) is 16.3. The molecule has 3 aliphatic heterocycles. The second-order valence-corrected chi connectivity index (χ2v) is 14.4. The number of nitrogens with two attached hydrogens (primary N) is 1. The minimum Gasteiger partial charge on any atom is -0.495 e. The lowest BCUT2D eigenvalue weighted by Gasteiger charge is -2.43. The fourth-order valence-electron chi connectivity index (χ4n) is 8.01. The minimum atomic E-state index is -1.80. The van der Waals surface area contributed by atoms with E-state index in [-0.39, 0.29) is 50.4 Å². The molecule has 6 atom stereocenters. The average molecular weight is 717 g/mol. The van der Waals surface area contributed by atoms with Crippen LogP contribution in [0.1, 0.15) is 54.6 Å². The van der Waals surface area contributed by atoms with Crippen molar-refractivity contribution in [1.82, 2.24) is 9.88 Å². The molecule has 15 heteroatoms. The summed E-state index contributed by atoms with van der Waals surface area (Å²) < 4.78 is 22.0. The van der Waals surface area contributed by atoms with Crippen molar-refractivity contribution in [3.63, 3.8) is 0 Å². The van der Waals surface area contributed by atoms with Gasteiger partial charge in [-0.3, -0.25) is 29.1 Å². The van der Waals surface area contributed by atoms with Crippen LogP contribution in [0.15, 0.2) is 48.7 Å². The number of amides is 3. The van der Waals surface area contributed by atoms with Crippen LogP contribution in [0.4, 0.5) is 15.8 Å². The van der Waals surface area contributed by atoms with Crippen LogP contribution >= 0.6 is 23.2 Å². The zero-order valence-corrected chi connectivity index (χ0v) is 28.6. The Kier molecular flexibility index (Phi) is 8.91. The number of nitrogens with zero attached hydrogens (tertiary/aromatic N) is 4. The van der Waals surface area contributed by atoms with Crippen LogP contribution in [0, 0.1) is 11.2 Å². The van der Waals surface area contributed by atoms with Crippen molar-refractivity contribution < 1.29 is 38.8 Å². The van der Waals surface area contributed by atoms with E-state index in [1.807, 2.05) is 20.8 Å². The fraction of sp³-hybridized carbons (Fsp3) is 0.412. The molecule has 0 bridgehead atoms. The summed E-state index contributed by atoms with van der Waals surface area (Å²) >= 11 is 12.7. The highest BCUT2D eigenvalue weighted by Crippen LogP contribution is 2.64. The number of fused-ring (bicyclic) bond motifs is 3. The summed E-state index contributed by atoms with van der Waals surface area (Å²) in [5.41, 5.74) is 3.88. The Morgan fingerprint density at radius 2 is 1.86 bits per heavy atom. The topological polar surface area (TPSA) is 170 Å². The molecule has 6 rings (SSSR count). The van der Waals surface area contributed by atoms with Crippen LogP contribution in [0.2, 0.25) is 10.2 Å². The molecular weight excluding hydrogens is 680 g/mol. The second-order valence-electron chi connectivity index (χ2n) is 13.6. The summed E-state index contributed by atoms with van der Waals surface area (Å²) in [7, 11) is 1.36. The molecule has 260 valence electrons. The fourth-order valence-corrected chi connectivity index (χ4v) is 8.35. The number of pyridine rings is 1. The molecule has 3 amide bonds. The van der Waals surface area contributed by atoms with Gasteiger partial charge < -0.3 is 25.8 Å². The quantitative estimate of drug-likeness (QED) is 0.256. The molecule has 2 unspecified atom stereocenters. The van der Waals surface area contributed by atoms with E-state index in [1.165, 1.54) is 60.7 Å². The van der Waals surface area contributed by atoms with Crippen LogP contribution in [-0.2, 0) is 15.0 Å². The van der Waals surface area contributed by atoms with E-state index in [2.05, 4.69) is 4.98 Å². The van der Waals surface area contributed by atoms with Gasteiger partial charge in [0, 0.05) is 29.3 Å². The molecule has 2 aromatic carbocycles. The molecule has 1 spiro atoms. The number of rotatable bonds is 8. The number of methoxy groups -OCH3 is 1. The summed E-state index contributed by atoms with van der Waals surface area (Å²) in [5, 5.41) is 32.0. The Labute approximate surface area is 291 Å². The largest absolute Gasteiger partial charge is 0.495 e. The standard InChI is InChI=1S/C34H36Cl2FN5O7/c1-33(2,3)12-23-34(18-13-39-24(36)11-21(18)41(32(34)48)26(45)15-44)27(17-6-5-7-19(35)28(17)37)29-31(47)40(25(14-43)42(23)29)20-9-8-16(30(38)46)10-22(20)49-4/h5-11,13,23,25-27,29,43-45H,12,14-15H2,1-4H3,(H2,38,46)/t23-,25-,26?,27-,29+,34?/m0/s1. The predicted molar refractivity (Wildman–Crippen MR) is 179 cm³/mol. The molecule has 12 nitrogen and oxygen atoms in total. The van der Waals surface area contributed by atoms with Gasteiger partial charge in [0.05, 0.1) is 36.7 Å². The van der Waals surface area contributed by atoms with Crippen molar-refractivity contribution in [2.24, 2.45) is 11.1 Å². The third-order valence-electron chi connectivity index (χ3n) is 9.74. The van der Waals surface area contributed by atoms with Crippen molar-refractivity contribution in [1.29, 1.82) is 0 Å². The molecule has 3 aliphatic rings. The van der Waals surface area contributed by atoms with Crippen LogP contribution in [0.5, 0.6) is 5.75 Å². The second kappa shape index (κ2) is 12.5. The smallest absolute Gasteiger partial charge is 0.248 e. The van der Waals surface area contributed by atoms with Crippen LogP contribution in [-0.4, -0.2) is 87.7 Å². The third-order valence-corrected chi connectivity index (χ3v) is 10.2. The maximum absolute atomic E-state index is 16.4. The third kappa shape index (κ3) is 5.17. The molecule has 2 fully saturated rings. The number of anilines is 2. The number of carbonyl (C=O) groups is 3. The average Bonchev–Trinajstić information content (AvgIpc) is 3.59. The van der Waals surface area contributed by atoms with E-state index in [1.54, 1.807) is 4.90 Å². The lowest BCUT2D eigenvalue weighted by Crippen LogP contribution is -2.58. The summed E-state index contributed by atoms with van der Waals surface area (Å²) in [6, 6.07) is 7.77. The molecule has 4 heterocycles. The number of aliphatic hydroxyl groups excluding tert-OH is 3. The zero-order chi connectivity index (χ0) is 35.7. The van der Waals surface area contributed by atoms with Crippen molar-refractivity contribution in [3.8, 4) is 5.75 Å². The molecule has 0 aliphatic carbocycles. The van der Waals surface area contributed by atoms with Crippen LogP contribution < -0.4 is 20.3 Å². The summed E-state index contributed by atoms with van der Waals surface area (Å²) in [6.07, 6.45) is -1.22. The monoisotopic (exact) mass is 715 g/mol. The van der Waals surface area contributed by atoms with Gasteiger partial charge in [0.1, 0.15) is 34.3 Å². The number of benzene rings is 2. The molecule has 49 heavy (non-hydrogen) atoms. The van der Waals surface area contributed by atoms with Crippen molar-refractivity contribution in [2.75, 3.05) is 30.1 Å². The lowest BCUT2D eigenvalue weighted by molar-refractivity contribution is -0.127.